The number of hydrogen-bond donors (Lipinski definition) is 1. The lowest BCUT2D eigenvalue weighted by Gasteiger charge is -2.11. The van der Waals surface area contributed by atoms with Crippen molar-refractivity contribution in [2.45, 2.75) is 19.8 Å². The largest absolute Gasteiger partial charge is 0.457 e. The summed E-state index contributed by atoms with van der Waals surface area (Å²) in [5.74, 6) is 1.26. The first-order valence-electron chi connectivity index (χ1n) is 10.3. The number of amides is 1. The number of hydrogen-bond acceptors (Lipinski definition) is 4. The van der Waals surface area contributed by atoms with E-state index in [1.54, 1.807) is 30.5 Å². The van der Waals surface area contributed by atoms with E-state index in [0.717, 1.165) is 22.5 Å². The van der Waals surface area contributed by atoms with Gasteiger partial charge in [0.25, 0.3) is 0 Å². The number of rotatable bonds is 7. The number of anilines is 1. The third-order valence-electron chi connectivity index (χ3n) is 4.99. The number of carbonyl (C=O) groups excluding carboxylic acids is 1. The number of ether oxygens (including phenoxy) is 1. The van der Waals surface area contributed by atoms with Gasteiger partial charge in [-0.1, -0.05) is 18.2 Å². The molecule has 0 saturated heterocycles. The SMILES string of the molecule is Cc1cc(Oc2ccc(C#N)cc2)ccc1NC(=O)CCc1cnn(-c2ccccc2)c1. The lowest BCUT2D eigenvalue weighted by Crippen LogP contribution is -2.13. The highest BCUT2D eigenvalue weighted by atomic mass is 16.5. The van der Waals surface area contributed by atoms with E-state index >= 15 is 0 Å². The van der Waals surface area contributed by atoms with Crippen LogP contribution in [0.5, 0.6) is 11.5 Å². The molecule has 158 valence electrons. The molecule has 0 atom stereocenters. The number of nitriles is 1. The van der Waals surface area contributed by atoms with Gasteiger partial charge in [-0.2, -0.15) is 10.4 Å². The first kappa shape index (κ1) is 20.9. The molecule has 1 heterocycles. The second kappa shape index (κ2) is 9.63. The Balaban J connectivity index is 1.32. The van der Waals surface area contributed by atoms with Crippen LogP contribution in [0, 0.1) is 18.3 Å². The molecule has 4 rings (SSSR count). The third-order valence-corrected chi connectivity index (χ3v) is 4.99. The Kier molecular flexibility index (Phi) is 6.28. The van der Waals surface area contributed by atoms with Crippen LogP contribution in [0.3, 0.4) is 0 Å². The molecule has 4 aromatic rings. The van der Waals surface area contributed by atoms with Crippen molar-refractivity contribution in [1.29, 1.82) is 5.26 Å². The lowest BCUT2D eigenvalue weighted by atomic mass is 10.1. The molecule has 0 aliphatic heterocycles. The standard InChI is InChI=1S/C26H22N4O2/c1-19-15-24(32-23-10-7-20(16-27)8-11-23)12-13-25(19)29-26(31)14-9-21-17-28-30(18-21)22-5-3-2-4-6-22/h2-8,10-13,15,17-18H,9,14H2,1H3,(H,29,31). The minimum Gasteiger partial charge on any atom is -0.457 e. The Morgan fingerprint density at radius 3 is 2.53 bits per heavy atom. The number of carbonyl (C=O) groups is 1. The maximum Gasteiger partial charge on any atom is 0.224 e. The van der Waals surface area contributed by atoms with Crippen LogP contribution in [-0.2, 0) is 11.2 Å². The normalized spacial score (nSPS) is 10.4. The topological polar surface area (TPSA) is 79.9 Å². The Labute approximate surface area is 186 Å². The van der Waals surface area contributed by atoms with Crippen molar-refractivity contribution in [3.8, 4) is 23.3 Å². The van der Waals surface area contributed by atoms with Crippen LogP contribution in [0.15, 0.2) is 85.2 Å². The monoisotopic (exact) mass is 422 g/mol. The van der Waals surface area contributed by atoms with Gasteiger partial charge in [0.1, 0.15) is 11.5 Å². The number of nitrogens with one attached hydrogen (secondary N) is 1. The summed E-state index contributed by atoms with van der Waals surface area (Å²) >= 11 is 0. The average molecular weight is 422 g/mol. The van der Waals surface area contributed by atoms with Gasteiger partial charge >= 0.3 is 0 Å². The van der Waals surface area contributed by atoms with Crippen molar-refractivity contribution in [2.75, 3.05) is 5.32 Å². The Hall–Kier alpha value is -4.37. The lowest BCUT2D eigenvalue weighted by molar-refractivity contribution is -0.116. The molecule has 32 heavy (non-hydrogen) atoms. The molecule has 6 nitrogen and oxygen atoms in total. The number of para-hydroxylation sites is 1. The summed E-state index contributed by atoms with van der Waals surface area (Å²) in [5, 5.41) is 16.2. The van der Waals surface area contributed by atoms with E-state index in [0.29, 0.717) is 29.9 Å². The quantitative estimate of drug-likeness (QED) is 0.431. The van der Waals surface area contributed by atoms with E-state index in [-0.39, 0.29) is 5.91 Å². The van der Waals surface area contributed by atoms with Crippen LogP contribution in [0.1, 0.15) is 23.1 Å². The highest BCUT2D eigenvalue weighted by Gasteiger charge is 2.09. The van der Waals surface area contributed by atoms with Gasteiger partial charge in [0, 0.05) is 18.3 Å². The van der Waals surface area contributed by atoms with Crippen LogP contribution in [-0.4, -0.2) is 15.7 Å². The van der Waals surface area contributed by atoms with Gasteiger partial charge in [0.15, 0.2) is 0 Å². The smallest absolute Gasteiger partial charge is 0.224 e. The maximum absolute atomic E-state index is 12.5. The van der Waals surface area contributed by atoms with Gasteiger partial charge in [-0.25, -0.2) is 4.68 Å². The van der Waals surface area contributed by atoms with E-state index in [4.69, 9.17) is 10.00 Å². The summed E-state index contributed by atoms with van der Waals surface area (Å²) < 4.78 is 7.64. The highest BCUT2D eigenvalue weighted by molar-refractivity contribution is 5.91. The summed E-state index contributed by atoms with van der Waals surface area (Å²) in [6, 6.07) is 24.4. The summed E-state index contributed by atoms with van der Waals surface area (Å²) in [6.07, 6.45) is 4.71. The number of benzene rings is 3. The van der Waals surface area contributed by atoms with Gasteiger partial charge in [0.2, 0.25) is 5.91 Å². The van der Waals surface area contributed by atoms with Crippen LogP contribution in [0.2, 0.25) is 0 Å². The zero-order valence-corrected chi connectivity index (χ0v) is 17.7. The molecule has 3 aromatic carbocycles. The predicted octanol–water partition coefficient (Wildman–Crippen LogP) is 5.42. The Morgan fingerprint density at radius 2 is 1.81 bits per heavy atom. The maximum atomic E-state index is 12.5. The summed E-state index contributed by atoms with van der Waals surface area (Å²) in [6.45, 7) is 1.92. The van der Waals surface area contributed by atoms with Crippen LogP contribution >= 0.6 is 0 Å². The predicted molar refractivity (Wildman–Crippen MR) is 123 cm³/mol. The van der Waals surface area contributed by atoms with Crippen molar-refractivity contribution >= 4 is 11.6 Å². The van der Waals surface area contributed by atoms with Crippen molar-refractivity contribution in [3.05, 3.63) is 102 Å². The fraction of sp³-hybridized carbons (Fsp3) is 0.115. The van der Waals surface area contributed by atoms with E-state index in [2.05, 4.69) is 16.5 Å². The molecular weight excluding hydrogens is 400 g/mol. The van der Waals surface area contributed by atoms with E-state index in [1.807, 2.05) is 66.3 Å². The highest BCUT2D eigenvalue weighted by Crippen LogP contribution is 2.26. The molecule has 0 unspecified atom stereocenters. The van der Waals surface area contributed by atoms with Crippen molar-refractivity contribution in [1.82, 2.24) is 9.78 Å². The molecule has 1 N–H and O–H groups in total. The molecule has 0 fully saturated rings. The van der Waals surface area contributed by atoms with Gasteiger partial charge in [-0.05, 0) is 79.1 Å². The van der Waals surface area contributed by atoms with Crippen molar-refractivity contribution in [3.63, 3.8) is 0 Å². The molecular formula is C26H22N4O2. The van der Waals surface area contributed by atoms with E-state index < -0.39 is 0 Å². The first-order valence-corrected chi connectivity index (χ1v) is 10.3. The minimum absolute atomic E-state index is 0.0543. The molecule has 0 spiro atoms. The van der Waals surface area contributed by atoms with E-state index in [1.165, 1.54) is 0 Å². The number of aromatic nitrogens is 2. The molecule has 0 aliphatic rings. The van der Waals surface area contributed by atoms with Crippen LogP contribution in [0.25, 0.3) is 5.69 Å². The molecule has 0 bridgehead atoms. The minimum atomic E-state index is -0.0543. The second-order valence-corrected chi connectivity index (χ2v) is 7.39. The fourth-order valence-corrected chi connectivity index (χ4v) is 3.26. The molecule has 6 heteroatoms. The summed E-state index contributed by atoms with van der Waals surface area (Å²) in [7, 11) is 0. The van der Waals surface area contributed by atoms with E-state index in [9.17, 15) is 4.79 Å². The third kappa shape index (κ3) is 5.21. The summed E-state index contributed by atoms with van der Waals surface area (Å²) in [5.41, 5.74) is 4.23. The van der Waals surface area contributed by atoms with Gasteiger partial charge < -0.3 is 10.1 Å². The molecule has 0 aliphatic carbocycles. The Morgan fingerprint density at radius 1 is 1.06 bits per heavy atom. The van der Waals surface area contributed by atoms with Gasteiger partial charge in [-0.3, -0.25) is 4.79 Å². The number of nitrogens with zero attached hydrogens (tertiary/aromatic N) is 3. The molecule has 0 saturated carbocycles. The molecule has 1 aromatic heterocycles. The second-order valence-electron chi connectivity index (χ2n) is 7.39. The Bertz CT molecular complexity index is 1260. The number of aryl methyl sites for hydroxylation is 2. The van der Waals surface area contributed by atoms with Gasteiger partial charge in [0.05, 0.1) is 23.5 Å². The zero-order valence-electron chi connectivity index (χ0n) is 17.7. The van der Waals surface area contributed by atoms with Crippen molar-refractivity contribution < 1.29 is 9.53 Å². The molecule has 1 amide bonds. The zero-order chi connectivity index (χ0) is 22.3. The fourth-order valence-electron chi connectivity index (χ4n) is 3.26. The van der Waals surface area contributed by atoms with Crippen LogP contribution in [0.4, 0.5) is 5.69 Å². The molecule has 0 radical (unpaired) electrons. The van der Waals surface area contributed by atoms with Crippen molar-refractivity contribution in [2.24, 2.45) is 0 Å². The first-order chi connectivity index (χ1) is 15.6. The average Bonchev–Trinajstić information content (AvgIpc) is 3.30. The van der Waals surface area contributed by atoms with Crippen LogP contribution < -0.4 is 10.1 Å². The van der Waals surface area contributed by atoms with Gasteiger partial charge in [-0.15, -0.1) is 0 Å². The summed E-state index contributed by atoms with van der Waals surface area (Å²) in [4.78, 5) is 12.5.